The standard InChI is InChI=1S/C12H21N7O2/c1-3-14-10-16-11(15-8-9(20)13-2)18-12(17-10)19-4-6-21-7-5-19/h3-8H2,1-2H3,(H,13,20)(H2,14,15,16,17,18). The Morgan fingerprint density at radius 1 is 1.19 bits per heavy atom. The third-order valence-electron chi connectivity index (χ3n) is 2.94. The van der Waals surface area contributed by atoms with Gasteiger partial charge in [0, 0.05) is 26.7 Å². The van der Waals surface area contributed by atoms with Gasteiger partial charge >= 0.3 is 0 Å². The van der Waals surface area contributed by atoms with E-state index >= 15 is 0 Å². The molecular weight excluding hydrogens is 274 g/mol. The average Bonchev–Trinajstić information content (AvgIpc) is 2.53. The highest BCUT2D eigenvalue weighted by Gasteiger charge is 2.16. The van der Waals surface area contributed by atoms with Crippen LogP contribution in [0.5, 0.6) is 0 Å². The summed E-state index contributed by atoms with van der Waals surface area (Å²) >= 11 is 0. The zero-order chi connectivity index (χ0) is 15.1. The Bertz CT molecular complexity index is 477. The van der Waals surface area contributed by atoms with Crippen LogP contribution >= 0.6 is 0 Å². The van der Waals surface area contributed by atoms with Crippen LogP contribution in [0.2, 0.25) is 0 Å². The number of nitrogens with zero attached hydrogens (tertiary/aromatic N) is 4. The Balaban J connectivity index is 2.14. The van der Waals surface area contributed by atoms with Crippen molar-refractivity contribution in [1.29, 1.82) is 0 Å². The monoisotopic (exact) mass is 295 g/mol. The largest absolute Gasteiger partial charge is 0.378 e. The molecule has 1 amide bonds. The van der Waals surface area contributed by atoms with E-state index < -0.39 is 0 Å². The van der Waals surface area contributed by atoms with Crippen LogP contribution < -0.4 is 20.9 Å². The lowest BCUT2D eigenvalue weighted by molar-refractivity contribution is -0.118. The minimum Gasteiger partial charge on any atom is -0.378 e. The molecule has 0 aromatic carbocycles. The number of ether oxygens (including phenoxy) is 1. The van der Waals surface area contributed by atoms with Gasteiger partial charge in [-0.05, 0) is 6.92 Å². The van der Waals surface area contributed by atoms with Gasteiger partial charge in [0.1, 0.15) is 0 Å². The zero-order valence-electron chi connectivity index (χ0n) is 12.3. The molecule has 0 spiro atoms. The Hall–Kier alpha value is -2.16. The van der Waals surface area contributed by atoms with Crippen molar-refractivity contribution in [2.75, 3.05) is 62.0 Å². The highest BCUT2D eigenvalue weighted by molar-refractivity contribution is 5.79. The van der Waals surface area contributed by atoms with E-state index in [1.165, 1.54) is 0 Å². The van der Waals surface area contributed by atoms with Crippen LogP contribution in [0.15, 0.2) is 0 Å². The first-order valence-corrected chi connectivity index (χ1v) is 7.00. The van der Waals surface area contributed by atoms with Crippen LogP contribution in [0.1, 0.15) is 6.92 Å². The predicted molar refractivity (Wildman–Crippen MR) is 79.6 cm³/mol. The number of hydrogen-bond acceptors (Lipinski definition) is 8. The van der Waals surface area contributed by atoms with Gasteiger partial charge in [-0.15, -0.1) is 0 Å². The second-order valence-electron chi connectivity index (χ2n) is 4.44. The van der Waals surface area contributed by atoms with E-state index in [0.29, 0.717) is 37.6 Å². The van der Waals surface area contributed by atoms with Gasteiger partial charge in [0.2, 0.25) is 23.8 Å². The summed E-state index contributed by atoms with van der Waals surface area (Å²) in [5, 5.41) is 8.51. The summed E-state index contributed by atoms with van der Waals surface area (Å²) in [6, 6.07) is 0. The molecule has 1 aromatic rings. The number of carbonyl (C=O) groups excluding carboxylic acids is 1. The molecular formula is C12H21N7O2. The molecule has 1 saturated heterocycles. The van der Waals surface area contributed by atoms with Crippen molar-refractivity contribution < 1.29 is 9.53 Å². The van der Waals surface area contributed by atoms with Crippen LogP contribution in [0, 0.1) is 0 Å². The molecule has 1 fully saturated rings. The molecule has 0 saturated carbocycles. The molecule has 1 aromatic heterocycles. The second kappa shape index (κ2) is 7.58. The maximum atomic E-state index is 11.3. The summed E-state index contributed by atoms with van der Waals surface area (Å²) in [5.41, 5.74) is 0. The lowest BCUT2D eigenvalue weighted by atomic mass is 10.4. The molecule has 116 valence electrons. The summed E-state index contributed by atoms with van der Waals surface area (Å²) in [7, 11) is 1.58. The number of anilines is 3. The van der Waals surface area contributed by atoms with E-state index in [2.05, 4.69) is 30.9 Å². The van der Waals surface area contributed by atoms with Crippen molar-refractivity contribution in [3.05, 3.63) is 0 Å². The lowest BCUT2D eigenvalue weighted by Gasteiger charge is -2.27. The molecule has 2 heterocycles. The average molecular weight is 295 g/mol. The SMILES string of the molecule is CCNc1nc(NCC(=O)NC)nc(N2CCOCC2)n1. The zero-order valence-corrected chi connectivity index (χ0v) is 12.3. The normalized spacial score (nSPS) is 14.7. The smallest absolute Gasteiger partial charge is 0.239 e. The third-order valence-corrected chi connectivity index (χ3v) is 2.94. The van der Waals surface area contributed by atoms with Crippen molar-refractivity contribution in [3.63, 3.8) is 0 Å². The number of likely N-dealkylation sites (N-methyl/N-ethyl adjacent to an activating group) is 1. The number of rotatable bonds is 6. The number of aromatic nitrogens is 3. The van der Waals surface area contributed by atoms with E-state index in [1.54, 1.807) is 7.05 Å². The molecule has 21 heavy (non-hydrogen) atoms. The molecule has 1 aliphatic heterocycles. The minimum atomic E-state index is -0.131. The molecule has 2 rings (SSSR count). The molecule has 0 bridgehead atoms. The van der Waals surface area contributed by atoms with Crippen LogP contribution in [0.3, 0.4) is 0 Å². The predicted octanol–water partition coefficient (Wildman–Crippen LogP) is -0.702. The Labute approximate surface area is 123 Å². The first-order valence-electron chi connectivity index (χ1n) is 7.00. The third kappa shape index (κ3) is 4.42. The molecule has 0 unspecified atom stereocenters. The maximum absolute atomic E-state index is 11.3. The number of nitrogens with one attached hydrogen (secondary N) is 3. The summed E-state index contributed by atoms with van der Waals surface area (Å²) < 4.78 is 5.33. The fraction of sp³-hybridized carbons (Fsp3) is 0.667. The highest BCUT2D eigenvalue weighted by Crippen LogP contribution is 2.14. The summed E-state index contributed by atoms with van der Waals surface area (Å²) in [5.74, 6) is 1.33. The highest BCUT2D eigenvalue weighted by atomic mass is 16.5. The molecule has 3 N–H and O–H groups in total. The fourth-order valence-corrected chi connectivity index (χ4v) is 1.83. The van der Waals surface area contributed by atoms with E-state index in [9.17, 15) is 4.79 Å². The van der Waals surface area contributed by atoms with Crippen molar-refractivity contribution in [1.82, 2.24) is 20.3 Å². The van der Waals surface area contributed by atoms with Gasteiger partial charge in [-0.1, -0.05) is 0 Å². The quantitative estimate of drug-likeness (QED) is 0.633. The number of amides is 1. The first kappa shape index (κ1) is 15.2. The van der Waals surface area contributed by atoms with Crippen LogP contribution in [-0.4, -0.2) is 67.3 Å². The summed E-state index contributed by atoms with van der Waals surface area (Å²) in [4.78, 5) is 26.3. The van der Waals surface area contributed by atoms with Crippen LogP contribution in [0.4, 0.5) is 17.8 Å². The van der Waals surface area contributed by atoms with E-state index in [-0.39, 0.29) is 12.5 Å². The van der Waals surface area contributed by atoms with Crippen molar-refractivity contribution in [2.24, 2.45) is 0 Å². The second-order valence-corrected chi connectivity index (χ2v) is 4.44. The van der Waals surface area contributed by atoms with E-state index in [4.69, 9.17) is 4.74 Å². The molecule has 0 radical (unpaired) electrons. The minimum absolute atomic E-state index is 0.120. The molecule has 9 heteroatoms. The Kier molecular flexibility index (Phi) is 5.50. The van der Waals surface area contributed by atoms with Gasteiger partial charge in [-0.2, -0.15) is 15.0 Å². The van der Waals surface area contributed by atoms with Gasteiger partial charge in [0.25, 0.3) is 0 Å². The van der Waals surface area contributed by atoms with Crippen molar-refractivity contribution in [2.45, 2.75) is 6.92 Å². The molecule has 0 aliphatic carbocycles. The Morgan fingerprint density at radius 2 is 1.86 bits per heavy atom. The van der Waals surface area contributed by atoms with Gasteiger partial charge in [-0.3, -0.25) is 4.79 Å². The van der Waals surface area contributed by atoms with Crippen molar-refractivity contribution >= 4 is 23.8 Å². The molecule has 9 nitrogen and oxygen atoms in total. The number of hydrogen-bond donors (Lipinski definition) is 3. The number of carbonyl (C=O) groups is 1. The van der Waals surface area contributed by atoms with Gasteiger partial charge in [0.05, 0.1) is 19.8 Å². The topological polar surface area (TPSA) is 104 Å². The first-order chi connectivity index (χ1) is 10.2. The van der Waals surface area contributed by atoms with Gasteiger partial charge in [-0.25, -0.2) is 0 Å². The lowest BCUT2D eigenvalue weighted by Crippen LogP contribution is -2.37. The summed E-state index contributed by atoms with van der Waals surface area (Å²) in [6.07, 6.45) is 0. The van der Waals surface area contributed by atoms with Gasteiger partial charge in [0.15, 0.2) is 0 Å². The van der Waals surface area contributed by atoms with Crippen LogP contribution in [-0.2, 0) is 9.53 Å². The van der Waals surface area contributed by atoms with Gasteiger partial charge < -0.3 is 25.6 Å². The molecule has 0 atom stereocenters. The molecule has 1 aliphatic rings. The van der Waals surface area contributed by atoms with Crippen molar-refractivity contribution in [3.8, 4) is 0 Å². The number of morpholine rings is 1. The van der Waals surface area contributed by atoms with E-state index in [1.807, 2.05) is 11.8 Å². The maximum Gasteiger partial charge on any atom is 0.239 e. The van der Waals surface area contributed by atoms with Crippen LogP contribution in [0.25, 0.3) is 0 Å². The van der Waals surface area contributed by atoms with E-state index in [0.717, 1.165) is 13.1 Å². The fourth-order valence-electron chi connectivity index (χ4n) is 1.83. The summed E-state index contributed by atoms with van der Waals surface area (Å²) in [6.45, 7) is 5.59. The Morgan fingerprint density at radius 3 is 2.48 bits per heavy atom.